The molecule has 0 aliphatic rings. The Morgan fingerprint density at radius 1 is 1.26 bits per heavy atom. The van der Waals surface area contributed by atoms with Gasteiger partial charge in [-0.1, -0.05) is 19.9 Å². The summed E-state index contributed by atoms with van der Waals surface area (Å²) >= 11 is 1.68. The predicted molar refractivity (Wildman–Crippen MR) is 108 cm³/mol. The number of imidazole rings is 1. The van der Waals surface area contributed by atoms with E-state index >= 15 is 0 Å². The van der Waals surface area contributed by atoms with Crippen LogP contribution < -0.4 is 10.1 Å². The summed E-state index contributed by atoms with van der Waals surface area (Å²) in [6, 6.07) is 11.4. The Morgan fingerprint density at radius 3 is 2.63 bits per heavy atom. The number of hydrogen-bond donors (Lipinski definition) is 1. The molecule has 5 nitrogen and oxygen atoms in total. The van der Waals surface area contributed by atoms with Gasteiger partial charge in [0.05, 0.1) is 6.04 Å². The average molecular weight is 384 g/mol. The van der Waals surface area contributed by atoms with Crippen LogP contribution >= 0.6 is 11.3 Å². The minimum atomic E-state index is -0.0651. The molecule has 1 atom stereocenters. The molecule has 2 heterocycles. The zero-order valence-electron chi connectivity index (χ0n) is 15.9. The van der Waals surface area contributed by atoms with Crippen LogP contribution in [-0.2, 0) is 13.7 Å². The molecule has 1 amide bonds. The molecule has 0 aliphatic heterocycles. The van der Waals surface area contributed by atoms with E-state index in [9.17, 15) is 4.79 Å². The van der Waals surface area contributed by atoms with Crippen molar-refractivity contribution in [2.75, 3.05) is 0 Å². The number of benzene rings is 1. The number of amides is 1. The van der Waals surface area contributed by atoms with Gasteiger partial charge in [-0.05, 0) is 48.1 Å². The van der Waals surface area contributed by atoms with E-state index in [0.717, 1.165) is 12.2 Å². The van der Waals surface area contributed by atoms with Crippen molar-refractivity contribution in [3.8, 4) is 5.75 Å². The number of rotatable bonds is 8. The van der Waals surface area contributed by atoms with Crippen molar-refractivity contribution in [1.82, 2.24) is 14.9 Å². The Balaban J connectivity index is 1.61. The first kappa shape index (κ1) is 19.2. The van der Waals surface area contributed by atoms with Gasteiger partial charge < -0.3 is 14.6 Å². The number of aryl methyl sites for hydroxylation is 1. The first-order valence-corrected chi connectivity index (χ1v) is 9.94. The van der Waals surface area contributed by atoms with Crippen molar-refractivity contribution in [3.05, 3.63) is 70.4 Å². The van der Waals surface area contributed by atoms with E-state index in [0.29, 0.717) is 23.8 Å². The fourth-order valence-electron chi connectivity index (χ4n) is 2.83. The quantitative estimate of drug-likeness (QED) is 0.619. The smallest absolute Gasteiger partial charge is 0.251 e. The summed E-state index contributed by atoms with van der Waals surface area (Å²) in [5, 5.41) is 5.21. The lowest BCUT2D eigenvalue weighted by Crippen LogP contribution is -2.29. The van der Waals surface area contributed by atoms with Crippen LogP contribution in [0.5, 0.6) is 5.75 Å². The third-order valence-electron chi connectivity index (χ3n) is 4.30. The second kappa shape index (κ2) is 8.86. The minimum Gasteiger partial charge on any atom is -0.486 e. The van der Waals surface area contributed by atoms with Gasteiger partial charge in [-0.3, -0.25) is 4.79 Å². The molecule has 0 aliphatic carbocycles. The van der Waals surface area contributed by atoms with E-state index in [2.05, 4.69) is 30.2 Å². The Kier molecular flexibility index (Phi) is 6.29. The highest BCUT2D eigenvalue weighted by molar-refractivity contribution is 7.10. The lowest BCUT2D eigenvalue weighted by molar-refractivity contribution is 0.0932. The van der Waals surface area contributed by atoms with Gasteiger partial charge in [0.1, 0.15) is 18.2 Å². The predicted octanol–water partition coefficient (Wildman–Crippen LogP) is 4.58. The molecule has 0 radical (unpaired) electrons. The molecule has 0 bridgehead atoms. The van der Waals surface area contributed by atoms with E-state index in [1.165, 1.54) is 4.88 Å². The van der Waals surface area contributed by atoms with E-state index in [-0.39, 0.29) is 11.9 Å². The molecular formula is C21H25N3O2S. The molecule has 142 valence electrons. The van der Waals surface area contributed by atoms with E-state index in [4.69, 9.17) is 4.74 Å². The number of aromatic nitrogens is 2. The largest absolute Gasteiger partial charge is 0.486 e. The van der Waals surface area contributed by atoms with Gasteiger partial charge in [-0.2, -0.15) is 0 Å². The highest BCUT2D eigenvalue weighted by atomic mass is 32.1. The van der Waals surface area contributed by atoms with Gasteiger partial charge in [-0.15, -0.1) is 11.3 Å². The number of thiophene rings is 1. The number of nitrogens with zero attached hydrogens (tertiary/aromatic N) is 2. The lowest BCUT2D eigenvalue weighted by Gasteiger charge is -2.19. The summed E-state index contributed by atoms with van der Waals surface area (Å²) in [6.07, 6.45) is 4.54. The molecule has 0 spiro atoms. The van der Waals surface area contributed by atoms with Crippen molar-refractivity contribution in [2.24, 2.45) is 13.0 Å². The number of hydrogen-bond acceptors (Lipinski definition) is 4. The van der Waals surface area contributed by atoms with Gasteiger partial charge in [0.25, 0.3) is 5.91 Å². The summed E-state index contributed by atoms with van der Waals surface area (Å²) in [5.74, 6) is 2.00. The molecular weight excluding hydrogens is 358 g/mol. The highest BCUT2D eigenvalue weighted by Gasteiger charge is 2.18. The number of carbonyl (C=O) groups excluding carboxylic acids is 1. The van der Waals surface area contributed by atoms with Crippen LogP contribution in [0.2, 0.25) is 0 Å². The van der Waals surface area contributed by atoms with Gasteiger partial charge in [0.15, 0.2) is 0 Å². The Labute approximate surface area is 164 Å². The maximum absolute atomic E-state index is 12.7. The summed E-state index contributed by atoms with van der Waals surface area (Å²) in [7, 11) is 1.93. The highest BCUT2D eigenvalue weighted by Crippen LogP contribution is 2.26. The van der Waals surface area contributed by atoms with Crippen LogP contribution in [0.25, 0.3) is 0 Å². The zero-order valence-corrected chi connectivity index (χ0v) is 16.7. The molecule has 1 N–H and O–H groups in total. The molecule has 3 aromatic rings. The number of nitrogens with one attached hydrogen (secondary N) is 1. The van der Waals surface area contributed by atoms with Gasteiger partial charge in [-0.25, -0.2) is 4.98 Å². The minimum absolute atomic E-state index is 0.0387. The second-order valence-electron chi connectivity index (χ2n) is 6.94. The van der Waals surface area contributed by atoms with Crippen molar-refractivity contribution >= 4 is 17.2 Å². The summed E-state index contributed by atoms with van der Waals surface area (Å²) in [6.45, 7) is 4.73. The standard InChI is InChI=1S/C21H25N3O2S/c1-15(2)13-18(19-5-4-12-27-19)23-21(25)16-6-8-17(9-7-16)26-14-20-22-10-11-24(20)3/h4-12,15,18H,13-14H2,1-3H3,(H,23,25). The maximum atomic E-state index is 12.7. The monoisotopic (exact) mass is 383 g/mol. The summed E-state index contributed by atoms with van der Waals surface area (Å²) in [4.78, 5) is 18.1. The molecule has 0 saturated carbocycles. The van der Waals surface area contributed by atoms with Crippen LogP contribution in [0.3, 0.4) is 0 Å². The zero-order chi connectivity index (χ0) is 19.2. The molecule has 27 heavy (non-hydrogen) atoms. The van der Waals surface area contributed by atoms with Crippen molar-refractivity contribution in [1.29, 1.82) is 0 Å². The second-order valence-corrected chi connectivity index (χ2v) is 7.92. The third-order valence-corrected chi connectivity index (χ3v) is 5.29. The van der Waals surface area contributed by atoms with Gasteiger partial charge in [0.2, 0.25) is 0 Å². The third kappa shape index (κ3) is 5.20. The van der Waals surface area contributed by atoms with Crippen LogP contribution in [0, 0.1) is 5.92 Å². The van der Waals surface area contributed by atoms with Crippen molar-refractivity contribution < 1.29 is 9.53 Å². The van der Waals surface area contributed by atoms with Crippen LogP contribution in [0.15, 0.2) is 54.2 Å². The van der Waals surface area contributed by atoms with Crippen molar-refractivity contribution in [3.63, 3.8) is 0 Å². The normalized spacial score (nSPS) is 12.1. The topological polar surface area (TPSA) is 56.1 Å². The molecule has 3 rings (SSSR count). The first-order chi connectivity index (χ1) is 13.0. The summed E-state index contributed by atoms with van der Waals surface area (Å²) < 4.78 is 7.66. The molecule has 0 fully saturated rings. The SMILES string of the molecule is CC(C)CC(NC(=O)c1ccc(OCc2nccn2C)cc1)c1cccs1. The Bertz CT molecular complexity index is 854. The lowest BCUT2D eigenvalue weighted by atomic mass is 10.0. The maximum Gasteiger partial charge on any atom is 0.251 e. The summed E-state index contributed by atoms with van der Waals surface area (Å²) in [5.41, 5.74) is 0.629. The Hall–Kier alpha value is -2.60. The molecule has 1 unspecified atom stereocenters. The molecule has 1 aromatic carbocycles. The van der Waals surface area contributed by atoms with Crippen LogP contribution in [-0.4, -0.2) is 15.5 Å². The molecule has 2 aromatic heterocycles. The first-order valence-electron chi connectivity index (χ1n) is 9.06. The van der Waals surface area contributed by atoms with Crippen molar-refractivity contribution in [2.45, 2.75) is 32.9 Å². The van der Waals surface area contributed by atoms with Crippen LogP contribution in [0.1, 0.15) is 47.4 Å². The average Bonchev–Trinajstić information content (AvgIpc) is 3.31. The fourth-order valence-corrected chi connectivity index (χ4v) is 3.63. The van der Waals surface area contributed by atoms with Gasteiger partial charge >= 0.3 is 0 Å². The van der Waals surface area contributed by atoms with E-state index in [1.54, 1.807) is 29.7 Å². The van der Waals surface area contributed by atoms with Gasteiger partial charge in [0, 0.05) is 29.9 Å². The number of carbonyl (C=O) groups is 1. The van der Waals surface area contributed by atoms with Crippen LogP contribution in [0.4, 0.5) is 0 Å². The fraction of sp³-hybridized carbons (Fsp3) is 0.333. The number of ether oxygens (including phenoxy) is 1. The molecule has 0 saturated heterocycles. The Morgan fingerprint density at radius 2 is 2.04 bits per heavy atom. The van der Waals surface area contributed by atoms with E-state index in [1.807, 2.05) is 41.4 Å². The molecule has 6 heteroatoms. The van der Waals surface area contributed by atoms with E-state index < -0.39 is 0 Å².